The molecule has 2 heterocycles. The Labute approximate surface area is 118 Å². The minimum atomic E-state index is -0.954. The van der Waals surface area contributed by atoms with E-state index in [0.29, 0.717) is 16.1 Å². The normalized spacial score (nSPS) is 10.6. The van der Waals surface area contributed by atoms with E-state index in [1.54, 1.807) is 48.8 Å². The summed E-state index contributed by atoms with van der Waals surface area (Å²) in [4.78, 5) is 23.8. The van der Waals surface area contributed by atoms with Crippen LogP contribution in [0.1, 0.15) is 10.4 Å². The summed E-state index contributed by atoms with van der Waals surface area (Å²) in [5.41, 5.74) is 0.897. The van der Waals surface area contributed by atoms with E-state index in [1.807, 2.05) is 0 Å². The summed E-state index contributed by atoms with van der Waals surface area (Å²) in [7, 11) is 0. The van der Waals surface area contributed by atoms with Crippen LogP contribution in [0, 0.1) is 0 Å². The number of hydrogen-bond donors (Lipinski definition) is 1. The van der Waals surface area contributed by atoms with Crippen LogP contribution in [0.3, 0.4) is 0 Å². The number of pyridine rings is 1. The molecule has 0 saturated heterocycles. The van der Waals surface area contributed by atoms with Crippen LogP contribution in [0.2, 0.25) is 0 Å². The first-order chi connectivity index (χ1) is 9.74. The molecule has 5 nitrogen and oxygen atoms in total. The second kappa shape index (κ2) is 5.26. The summed E-state index contributed by atoms with van der Waals surface area (Å²) in [5.74, 6) is -0.954. The first-order valence-electron chi connectivity index (χ1n) is 5.82. The minimum absolute atomic E-state index is 0.252. The summed E-state index contributed by atoms with van der Waals surface area (Å²) >= 11 is 1.34. The topological polar surface area (TPSA) is 76.0 Å². The minimum Gasteiger partial charge on any atom is -0.478 e. The number of benzene rings is 1. The van der Waals surface area contributed by atoms with Gasteiger partial charge < -0.3 is 5.11 Å². The van der Waals surface area contributed by atoms with Crippen molar-refractivity contribution in [2.75, 3.05) is 0 Å². The molecule has 0 saturated carbocycles. The fourth-order valence-corrected chi connectivity index (χ4v) is 2.51. The zero-order chi connectivity index (χ0) is 13.9. The Morgan fingerprint density at radius 2 is 1.85 bits per heavy atom. The average molecular weight is 283 g/mol. The number of hydrogen-bond acceptors (Lipinski definition) is 5. The quantitative estimate of drug-likeness (QED) is 0.745. The molecule has 2 aromatic heterocycles. The molecule has 1 aromatic carbocycles. The lowest BCUT2D eigenvalue weighted by atomic mass is 10.1. The maximum absolute atomic E-state index is 11.1. The van der Waals surface area contributed by atoms with Crippen LogP contribution < -0.4 is 0 Å². The summed E-state index contributed by atoms with van der Waals surface area (Å²) < 4.78 is 0. The number of aromatic carboxylic acids is 1. The Hall–Kier alpha value is -2.47. The Balaban J connectivity index is 2.01. The van der Waals surface area contributed by atoms with Crippen LogP contribution in [0.25, 0.3) is 10.9 Å². The predicted molar refractivity (Wildman–Crippen MR) is 74.9 cm³/mol. The van der Waals surface area contributed by atoms with Crippen molar-refractivity contribution in [2.24, 2.45) is 0 Å². The van der Waals surface area contributed by atoms with E-state index in [-0.39, 0.29) is 5.56 Å². The van der Waals surface area contributed by atoms with Crippen LogP contribution in [-0.4, -0.2) is 26.0 Å². The van der Waals surface area contributed by atoms with Gasteiger partial charge in [-0.2, -0.15) is 0 Å². The zero-order valence-corrected chi connectivity index (χ0v) is 11.0. The first-order valence-corrected chi connectivity index (χ1v) is 6.63. The van der Waals surface area contributed by atoms with Crippen LogP contribution >= 0.6 is 11.8 Å². The SMILES string of the molecule is O=C(O)c1cccc2nc(Sc3ncccn3)ccc12. The van der Waals surface area contributed by atoms with Crippen molar-refractivity contribution in [3.05, 3.63) is 54.4 Å². The fourth-order valence-electron chi connectivity index (χ4n) is 1.81. The van der Waals surface area contributed by atoms with Crippen LogP contribution in [0.4, 0.5) is 0 Å². The number of rotatable bonds is 3. The molecule has 1 N–H and O–H groups in total. The third kappa shape index (κ3) is 2.46. The van der Waals surface area contributed by atoms with Crippen molar-refractivity contribution in [2.45, 2.75) is 10.2 Å². The number of carboxylic acids is 1. The highest BCUT2D eigenvalue weighted by Crippen LogP contribution is 2.25. The van der Waals surface area contributed by atoms with E-state index in [4.69, 9.17) is 5.11 Å². The second-order valence-electron chi connectivity index (χ2n) is 3.96. The molecule has 0 amide bonds. The number of aromatic nitrogens is 3. The number of carbonyl (C=O) groups is 1. The van der Waals surface area contributed by atoms with E-state index in [2.05, 4.69) is 15.0 Å². The number of carboxylic acid groups (broad SMARTS) is 1. The Morgan fingerprint density at radius 1 is 1.05 bits per heavy atom. The molecule has 98 valence electrons. The van der Waals surface area contributed by atoms with Crippen LogP contribution in [0.5, 0.6) is 0 Å². The van der Waals surface area contributed by atoms with Crippen LogP contribution in [-0.2, 0) is 0 Å². The van der Waals surface area contributed by atoms with Gasteiger partial charge in [0.05, 0.1) is 11.1 Å². The lowest BCUT2D eigenvalue weighted by molar-refractivity contribution is 0.0699. The molecule has 6 heteroatoms. The van der Waals surface area contributed by atoms with Gasteiger partial charge in [-0.25, -0.2) is 19.7 Å². The van der Waals surface area contributed by atoms with Crippen molar-refractivity contribution in [3.8, 4) is 0 Å². The largest absolute Gasteiger partial charge is 0.478 e. The molecular formula is C14H9N3O2S. The summed E-state index contributed by atoms with van der Waals surface area (Å²) in [5, 5.41) is 11.1. The molecule has 0 aliphatic carbocycles. The van der Waals surface area contributed by atoms with E-state index < -0.39 is 5.97 Å². The van der Waals surface area contributed by atoms with Crippen molar-refractivity contribution >= 4 is 28.6 Å². The average Bonchev–Trinajstić information content (AvgIpc) is 2.47. The standard InChI is InChI=1S/C14H9N3O2S/c18-13(19)10-3-1-4-11-9(10)5-6-12(17-11)20-14-15-7-2-8-16-14/h1-8H,(H,18,19). The molecule has 0 aliphatic rings. The predicted octanol–water partition coefficient (Wildman–Crippen LogP) is 2.87. The van der Waals surface area contributed by atoms with Gasteiger partial charge in [0.15, 0.2) is 5.16 Å². The van der Waals surface area contributed by atoms with Crippen molar-refractivity contribution < 1.29 is 9.90 Å². The summed E-state index contributed by atoms with van der Waals surface area (Å²) in [6.07, 6.45) is 3.33. The highest BCUT2D eigenvalue weighted by molar-refractivity contribution is 7.99. The van der Waals surface area contributed by atoms with E-state index in [1.165, 1.54) is 11.8 Å². The van der Waals surface area contributed by atoms with Crippen molar-refractivity contribution in [1.29, 1.82) is 0 Å². The van der Waals surface area contributed by atoms with Gasteiger partial charge in [-0.3, -0.25) is 0 Å². The van der Waals surface area contributed by atoms with Crippen LogP contribution in [0.15, 0.2) is 59.0 Å². The third-order valence-corrected chi connectivity index (χ3v) is 3.50. The monoisotopic (exact) mass is 283 g/mol. The highest BCUT2D eigenvalue weighted by atomic mass is 32.2. The lowest BCUT2D eigenvalue weighted by Gasteiger charge is -2.04. The van der Waals surface area contributed by atoms with E-state index >= 15 is 0 Å². The number of nitrogens with zero attached hydrogens (tertiary/aromatic N) is 3. The van der Waals surface area contributed by atoms with Gasteiger partial charge in [-0.05, 0) is 42.1 Å². The summed E-state index contributed by atoms with van der Waals surface area (Å²) in [6.45, 7) is 0. The molecule has 0 spiro atoms. The molecule has 0 aliphatic heterocycles. The maximum Gasteiger partial charge on any atom is 0.336 e. The Kier molecular flexibility index (Phi) is 3.30. The Bertz CT molecular complexity index is 778. The van der Waals surface area contributed by atoms with Gasteiger partial charge in [0.2, 0.25) is 0 Å². The molecule has 0 bridgehead atoms. The zero-order valence-electron chi connectivity index (χ0n) is 10.2. The smallest absolute Gasteiger partial charge is 0.336 e. The van der Waals surface area contributed by atoms with Gasteiger partial charge in [0.1, 0.15) is 5.03 Å². The van der Waals surface area contributed by atoms with Gasteiger partial charge >= 0.3 is 5.97 Å². The van der Waals surface area contributed by atoms with E-state index in [0.717, 1.165) is 5.03 Å². The first kappa shape index (κ1) is 12.6. The molecule has 20 heavy (non-hydrogen) atoms. The molecule has 0 unspecified atom stereocenters. The second-order valence-corrected chi connectivity index (χ2v) is 4.95. The molecular weight excluding hydrogens is 274 g/mol. The number of fused-ring (bicyclic) bond motifs is 1. The lowest BCUT2D eigenvalue weighted by Crippen LogP contribution is -1.98. The van der Waals surface area contributed by atoms with Gasteiger partial charge in [0, 0.05) is 17.8 Å². The molecule has 0 atom stereocenters. The van der Waals surface area contributed by atoms with Gasteiger partial charge in [-0.15, -0.1) is 0 Å². The molecule has 0 fully saturated rings. The fraction of sp³-hybridized carbons (Fsp3) is 0. The maximum atomic E-state index is 11.1. The third-order valence-electron chi connectivity index (χ3n) is 2.67. The highest BCUT2D eigenvalue weighted by Gasteiger charge is 2.09. The molecule has 3 rings (SSSR count). The molecule has 3 aromatic rings. The van der Waals surface area contributed by atoms with Crippen molar-refractivity contribution in [3.63, 3.8) is 0 Å². The Morgan fingerprint density at radius 3 is 2.60 bits per heavy atom. The van der Waals surface area contributed by atoms with Gasteiger partial charge in [0.25, 0.3) is 0 Å². The van der Waals surface area contributed by atoms with Crippen molar-refractivity contribution in [1.82, 2.24) is 15.0 Å². The molecule has 0 radical (unpaired) electrons. The van der Waals surface area contributed by atoms with Gasteiger partial charge in [-0.1, -0.05) is 6.07 Å². The summed E-state index contributed by atoms with van der Waals surface area (Å²) in [6, 6.07) is 10.3. The van der Waals surface area contributed by atoms with E-state index in [9.17, 15) is 4.79 Å².